The van der Waals surface area contributed by atoms with Crippen LogP contribution in [0.2, 0.25) is 0 Å². The van der Waals surface area contributed by atoms with Crippen molar-refractivity contribution in [3.8, 4) is 5.75 Å². The van der Waals surface area contributed by atoms with Gasteiger partial charge in [-0.1, -0.05) is 42.5 Å². The fourth-order valence-electron chi connectivity index (χ4n) is 3.47. The third kappa shape index (κ3) is 7.77. The van der Waals surface area contributed by atoms with Crippen LogP contribution in [0.4, 0.5) is 11.4 Å². The first-order valence-electron chi connectivity index (χ1n) is 11.1. The molecule has 3 rings (SSSR count). The molecule has 0 aliphatic rings. The fourth-order valence-corrected chi connectivity index (χ4v) is 3.47. The van der Waals surface area contributed by atoms with E-state index in [0.29, 0.717) is 35.7 Å². The summed E-state index contributed by atoms with van der Waals surface area (Å²) in [6.45, 7) is 1.64. The second-order valence-corrected chi connectivity index (χ2v) is 7.92. The second-order valence-electron chi connectivity index (χ2n) is 7.92. The van der Waals surface area contributed by atoms with Crippen molar-refractivity contribution in [2.24, 2.45) is 0 Å². The van der Waals surface area contributed by atoms with Crippen LogP contribution in [0.3, 0.4) is 0 Å². The van der Waals surface area contributed by atoms with Crippen molar-refractivity contribution >= 4 is 23.2 Å². The van der Waals surface area contributed by atoms with Crippen molar-refractivity contribution in [1.82, 2.24) is 4.90 Å². The predicted molar refractivity (Wildman–Crippen MR) is 133 cm³/mol. The Balaban J connectivity index is 1.40. The van der Waals surface area contributed by atoms with E-state index in [1.54, 1.807) is 43.5 Å². The number of amides is 2. The lowest BCUT2D eigenvalue weighted by atomic mass is 10.1. The van der Waals surface area contributed by atoms with E-state index in [-0.39, 0.29) is 11.8 Å². The molecule has 172 valence electrons. The highest BCUT2D eigenvalue weighted by Crippen LogP contribution is 2.23. The highest BCUT2D eigenvalue weighted by Gasteiger charge is 2.10. The molecule has 6 nitrogen and oxygen atoms in total. The molecular formula is C27H31N3O3. The number of ether oxygens (including phenoxy) is 1. The largest absolute Gasteiger partial charge is 0.495 e. The summed E-state index contributed by atoms with van der Waals surface area (Å²) in [6, 6.07) is 24.5. The van der Waals surface area contributed by atoms with Gasteiger partial charge in [0.1, 0.15) is 5.75 Å². The van der Waals surface area contributed by atoms with Gasteiger partial charge in [0.05, 0.1) is 12.8 Å². The number of carbonyl (C=O) groups is 2. The van der Waals surface area contributed by atoms with Crippen molar-refractivity contribution in [2.75, 3.05) is 37.9 Å². The van der Waals surface area contributed by atoms with Crippen LogP contribution >= 0.6 is 0 Å². The zero-order chi connectivity index (χ0) is 23.5. The van der Waals surface area contributed by atoms with Gasteiger partial charge in [-0.25, -0.2) is 0 Å². The van der Waals surface area contributed by atoms with Gasteiger partial charge < -0.3 is 20.3 Å². The van der Waals surface area contributed by atoms with E-state index in [1.165, 1.54) is 5.56 Å². The van der Waals surface area contributed by atoms with Gasteiger partial charge in [-0.05, 0) is 68.4 Å². The van der Waals surface area contributed by atoms with E-state index in [9.17, 15) is 9.59 Å². The molecule has 0 saturated heterocycles. The zero-order valence-corrected chi connectivity index (χ0v) is 19.2. The van der Waals surface area contributed by atoms with Gasteiger partial charge in [0.2, 0.25) is 5.91 Å². The van der Waals surface area contributed by atoms with Crippen LogP contribution in [-0.4, -0.2) is 44.0 Å². The van der Waals surface area contributed by atoms with Gasteiger partial charge in [0.15, 0.2) is 0 Å². The van der Waals surface area contributed by atoms with Crippen LogP contribution in [0, 0.1) is 0 Å². The van der Waals surface area contributed by atoms with Crippen molar-refractivity contribution in [2.45, 2.75) is 19.3 Å². The van der Waals surface area contributed by atoms with Crippen LogP contribution in [-0.2, 0) is 11.2 Å². The molecule has 0 heterocycles. The first kappa shape index (κ1) is 24.0. The number of rotatable bonds is 11. The fraction of sp³-hybridized carbons (Fsp3) is 0.259. The van der Waals surface area contributed by atoms with Crippen molar-refractivity contribution in [3.63, 3.8) is 0 Å². The third-order valence-electron chi connectivity index (χ3n) is 5.35. The molecule has 0 spiro atoms. The van der Waals surface area contributed by atoms with E-state index in [1.807, 2.05) is 25.2 Å². The van der Waals surface area contributed by atoms with Crippen LogP contribution in [0.1, 0.15) is 28.8 Å². The molecule has 3 aromatic carbocycles. The number of para-hydroxylation sites is 2. The number of benzene rings is 3. The smallest absolute Gasteiger partial charge is 0.255 e. The topological polar surface area (TPSA) is 70.7 Å². The first-order chi connectivity index (χ1) is 16.0. The molecule has 0 fully saturated rings. The molecule has 33 heavy (non-hydrogen) atoms. The maximum Gasteiger partial charge on any atom is 0.255 e. The standard InChI is InChI=1S/C27H31N3O3/c1-30(19-8-11-21-9-4-3-5-10-21)20-18-26(31)28-23-16-14-22(15-17-23)27(32)29-24-12-6-7-13-25(24)33-2/h3-7,9-10,12-17H,8,11,18-20H2,1-2H3,(H,28,31)(H,29,32). The Morgan fingerprint density at radius 3 is 2.27 bits per heavy atom. The van der Waals surface area contributed by atoms with E-state index < -0.39 is 0 Å². The van der Waals surface area contributed by atoms with Gasteiger partial charge in [-0.2, -0.15) is 0 Å². The Bertz CT molecular complexity index is 1040. The minimum Gasteiger partial charge on any atom is -0.495 e. The molecule has 6 heteroatoms. The monoisotopic (exact) mass is 445 g/mol. The summed E-state index contributed by atoms with van der Waals surface area (Å²) in [4.78, 5) is 27.0. The highest BCUT2D eigenvalue weighted by atomic mass is 16.5. The summed E-state index contributed by atoms with van der Waals surface area (Å²) in [5.74, 6) is 0.311. The van der Waals surface area contributed by atoms with Gasteiger partial charge in [0.25, 0.3) is 5.91 Å². The van der Waals surface area contributed by atoms with E-state index in [4.69, 9.17) is 4.74 Å². The number of aryl methyl sites for hydroxylation is 1. The lowest BCUT2D eigenvalue weighted by Crippen LogP contribution is -2.25. The molecule has 0 unspecified atom stereocenters. The van der Waals surface area contributed by atoms with Gasteiger partial charge >= 0.3 is 0 Å². The molecule has 0 aliphatic heterocycles. The molecular weight excluding hydrogens is 414 g/mol. The van der Waals surface area contributed by atoms with Crippen LogP contribution in [0.25, 0.3) is 0 Å². The summed E-state index contributed by atoms with van der Waals surface area (Å²) in [6.07, 6.45) is 2.51. The van der Waals surface area contributed by atoms with E-state index in [0.717, 1.165) is 19.4 Å². The lowest BCUT2D eigenvalue weighted by Gasteiger charge is -2.16. The lowest BCUT2D eigenvalue weighted by molar-refractivity contribution is -0.116. The number of anilines is 2. The van der Waals surface area contributed by atoms with Gasteiger partial charge in [-0.3, -0.25) is 9.59 Å². The maximum absolute atomic E-state index is 12.5. The van der Waals surface area contributed by atoms with Crippen LogP contribution in [0.5, 0.6) is 5.75 Å². The normalized spacial score (nSPS) is 10.6. The van der Waals surface area contributed by atoms with E-state index >= 15 is 0 Å². The summed E-state index contributed by atoms with van der Waals surface area (Å²) >= 11 is 0. The second kappa shape index (κ2) is 12.4. The molecule has 2 amide bonds. The van der Waals surface area contributed by atoms with Crippen molar-refractivity contribution in [1.29, 1.82) is 0 Å². The number of nitrogens with zero attached hydrogens (tertiary/aromatic N) is 1. The summed E-state index contributed by atoms with van der Waals surface area (Å²) in [7, 11) is 3.60. The van der Waals surface area contributed by atoms with Crippen LogP contribution < -0.4 is 15.4 Å². The first-order valence-corrected chi connectivity index (χ1v) is 11.1. The summed E-state index contributed by atoms with van der Waals surface area (Å²) in [5.41, 5.74) is 3.11. The van der Waals surface area contributed by atoms with Crippen molar-refractivity contribution in [3.05, 3.63) is 90.0 Å². The van der Waals surface area contributed by atoms with Gasteiger partial charge in [0, 0.05) is 24.2 Å². The average molecular weight is 446 g/mol. The highest BCUT2D eigenvalue weighted by molar-refractivity contribution is 6.05. The minimum atomic E-state index is -0.241. The molecule has 0 radical (unpaired) electrons. The van der Waals surface area contributed by atoms with Crippen LogP contribution in [0.15, 0.2) is 78.9 Å². The molecule has 2 N–H and O–H groups in total. The molecule has 3 aromatic rings. The summed E-state index contributed by atoms with van der Waals surface area (Å²) in [5, 5.41) is 5.74. The molecule has 0 aliphatic carbocycles. The molecule has 0 saturated carbocycles. The predicted octanol–water partition coefficient (Wildman–Crippen LogP) is 4.84. The molecule has 0 bridgehead atoms. The maximum atomic E-state index is 12.5. The van der Waals surface area contributed by atoms with Gasteiger partial charge in [-0.15, -0.1) is 0 Å². The quantitative estimate of drug-likeness (QED) is 0.443. The Morgan fingerprint density at radius 1 is 0.848 bits per heavy atom. The number of hydrogen-bond donors (Lipinski definition) is 2. The molecule has 0 atom stereocenters. The Morgan fingerprint density at radius 2 is 1.55 bits per heavy atom. The summed E-state index contributed by atoms with van der Waals surface area (Å²) < 4.78 is 5.26. The van der Waals surface area contributed by atoms with E-state index in [2.05, 4.69) is 39.8 Å². The zero-order valence-electron chi connectivity index (χ0n) is 19.2. The number of carbonyl (C=O) groups excluding carboxylic acids is 2. The Kier molecular flexibility index (Phi) is 9.03. The molecule has 0 aromatic heterocycles. The Hall–Kier alpha value is -3.64. The number of nitrogens with one attached hydrogen (secondary N) is 2. The minimum absolute atomic E-state index is 0.0452. The number of methoxy groups -OCH3 is 1. The van der Waals surface area contributed by atoms with Crippen molar-refractivity contribution < 1.29 is 14.3 Å². The SMILES string of the molecule is COc1ccccc1NC(=O)c1ccc(NC(=O)CCN(C)CCCc2ccccc2)cc1. The Labute approximate surface area is 195 Å². The third-order valence-corrected chi connectivity index (χ3v) is 5.35. The number of hydrogen-bond acceptors (Lipinski definition) is 4. The average Bonchev–Trinajstić information content (AvgIpc) is 2.84.